The van der Waals surface area contributed by atoms with E-state index in [0.29, 0.717) is 0 Å². The van der Waals surface area contributed by atoms with Crippen molar-refractivity contribution < 1.29 is 24.9 Å². The maximum Gasteiger partial charge on any atom is 0.333 e. The molecule has 2 rings (SSSR count). The number of hydrogen-bond donors (Lipinski definition) is 3. The highest BCUT2D eigenvalue weighted by atomic mass is 32.2. The van der Waals surface area contributed by atoms with Crippen molar-refractivity contribution >= 4 is 29.8 Å². The minimum absolute atomic E-state index is 0.755. The summed E-state index contributed by atoms with van der Waals surface area (Å²) in [6.45, 7) is 0. The average Bonchev–Trinajstić information content (AvgIpc) is 2.63. The van der Waals surface area contributed by atoms with Crippen LogP contribution in [0.15, 0.2) is 46.7 Å². The number of carbonyl (C=O) groups is 2. The van der Waals surface area contributed by atoms with Crippen LogP contribution >= 0.6 is 11.8 Å². The van der Waals surface area contributed by atoms with Crippen molar-refractivity contribution in [2.24, 2.45) is 0 Å². The molecule has 0 saturated heterocycles. The molecule has 0 aliphatic carbocycles. The van der Waals surface area contributed by atoms with E-state index in [9.17, 15) is 9.59 Å². The number of thioether (sulfide) groups is 1. The highest BCUT2D eigenvalue weighted by molar-refractivity contribution is 8.02. The smallest absolute Gasteiger partial charge is 0.333 e. The molecule has 1 heterocycles. The van der Waals surface area contributed by atoms with Gasteiger partial charge in [0, 0.05) is 4.90 Å². The van der Waals surface area contributed by atoms with Crippen molar-refractivity contribution in [2.45, 2.75) is 17.4 Å². The Morgan fingerprint density at radius 1 is 1.15 bits per heavy atom. The van der Waals surface area contributed by atoms with Gasteiger partial charge in [-0.3, -0.25) is 4.79 Å². The van der Waals surface area contributed by atoms with E-state index in [2.05, 4.69) is 47.9 Å². The van der Waals surface area contributed by atoms with Crippen LogP contribution in [0.5, 0.6) is 0 Å². The van der Waals surface area contributed by atoms with Gasteiger partial charge in [-0.2, -0.15) is 0 Å². The van der Waals surface area contributed by atoms with E-state index in [1.807, 2.05) is 0 Å². The number of allylic oxidation sites excluding steroid dienone is 2. The number of hydrogen-bond acceptors (Lipinski definition) is 4. The van der Waals surface area contributed by atoms with Crippen LogP contribution in [0, 0.1) is 0 Å². The lowest BCUT2D eigenvalue weighted by Gasteiger charge is -1.98. The van der Waals surface area contributed by atoms with E-state index in [0.717, 1.165) is 0 Å². The fourth-order valence-electron chi connectivity index (χ4n) is 1.30. The maximum atomic E-state index is 9.72. The molecule has 1 unspecified atom stereocenters. The van der Waals surface area contributed by atoms with Gasteiger partial charge in [-0.1, -0.05) is 48.2 Å². The van der Waals surface area contributed by atoms with Gasteiger partial charge in [-0.25, -0.2) is 4.79 Å². The first-order valence-corrected chi connectivity index (χ1v) is 6.60. The molecule has 5 nitrogen and oxygen atoms in total. The Hall–Kier alpha value is -2.05. The molecule has 0 bridgehead atoms. The Morgan fingerprint density at radius 2 is 1.85 bits per heavy atom. The summed E-state index contributed by atoms with van der Waals surface area (Å²) in [5.74, 6) is -2.85. The second-order valence-corrected chi connectivity index (χ2v) is 4.74. The summed E-state index contributed by atoms with van der Waals surface area (Å²) in [4.78, 5) is 20.7. The van der Waals surface area contributed by atoms with Crippen LogP contribution in [0.1, 0.15) is 12.0 Å². The summed E-state index contributed by atoms with van der Waals surface area (Å²) < 4.78 is 0. The molecule has 0 aromatic heterocycles. The van der Waals surface area contributed by atoms with Gasteiger partial charge in [0.25, 0.3) is 0 Å². The molecule has 1 atom stereocenters. The topological polar surface area (TPSA) is 94.8 Å². The standard InChI is InChI=1S/C10H8S.C4H6O5/c1-2-7-10-9(5-1)6-3-4-8-11-10;5-2(4(8)9)1-3(6)7/h1-8H;2,5H,1H2,(H,6,7)(H,8,9). The summed E-state index contributed by atoms with van der Waals surface area (Å²) in [6, 6.07) is 8.40. The molecule has 1 aromatic carbocycles. The number of aliphatic hydroxyl groups excluding tert-OH is 1. The van der Waals surface area contributed by atoms with Crippen LogP contribution in [-0.2, 0) is 9.59 Å². The number of aliphatic carboxylic acids is 2. The van der Waals surface area contributed by atoms with Crippen LogP contribution in [-0.4, -0.2) is 33.4 Å². The van der Waals surface area contributed by atoms with Gasteiger partial charge in [0.05, 0.1) is 6.42 Å². The zero-order valence-corrected chi connectivity index (χ0v) is 11.3. The molecule has 0 spiro atoms. The number of carboxylic acid groups (broad SMARTS) is 2. The van der Waals surface area contributed by atoms with Crippen LogP contribution < -0.4 is 0 Å². The molecular weight excluding hydrogens is 280 g/mol. The van der Waals surface area contributed by atoms with Crippen molar-refractivity contribution in [3.05, 3.63) is 47.4 Å². The predicted molar refractivity (Wildman–Crippen MR) is 76.4 cm³/mol. The van der Waals surface area contributed by atoms with E-state index < -0.39 is 24.5 Å². The van der Waals surface area contributed by atoms with Crippen LogP contribution in [0.2, 0.25) is 0 Å². The van der Waals surface area contributed by atoms with Gasteiger partial charge in [-0.15, -0.1) is 0 Å². The van der Waals surface area contributed by atoms with Crippen molar-refractivity contribution in [3.8, 4) is 0 Å². The zero-order chi connectivity index (χ0) is 15.0. The summed E-state index contributed by atoms with van der Waals surface area (Å²) in [5.41, 5.74) is 1.31. The molecule has 106 valence electrons. The second kappa shape index (κ2) is 8.19. The van der Waals surface area contributed by atoms with Gasteiger partial charge in [0.2, 0.25) is 0 Å². The highest BCUT2D eigenvalue weighted by Gasteiger charge is 2.16. The van der Waals surface area contributed by atoms with Crippen molar-refractivity contribution in [3.63, 3.8) is 0 Å². The van der Waals surface area contributed by atoms with E-state index in [1.165, 1.54) is 10.5 Å². The lowest BCUT2D eigenvalue weighted by Crippen LogP contribution is -2.22. The molecule has 20 heavy (non-hydrogen) atoms. The lowest BCUT2D eigenvalue weighted by molar-refractivity contribution is -0.152. The number of aliphatic hydroxyl groups is 1. The Bertz CT molecular complexity index is 536. The lowest BCUT2D eigenvalue weighted by atomic mass is 10.2. The number of benzene rings is 1. The van der Waals surface area contributed by atoms with Crippen molar-refractivity contribution in [1.82, 2.24) is 0 Å². The quantitative estimate of drug-likeness (QED) is 0.791. The molecule has 0 amide bonds. The monoisotopic (exact) mass is 294 g/mol. The molecule has 3 N–H and O–H groups in total. The fraction of sp³-hybridized carbons (Fsp3) is 0.143. The van der Waals surface area contributed by atoms with E-state index in [1.54, 1.807) is 11.8 Å². The molecule has 0 saturated carbocycles. The summed E-state index contributed by atoms with van der Waals surface area (Å²) in [7, 11) is 0. The van der Waals surface area contributed by atoms with Gasteiger partial charge >= 0.3 is 11.9 Å². The molecule has 0 radical (unpaired) electrons. The first kappa shape index (κ1) is 16.0. The first-order valence-electron chi connectivity index (χ1n) is 5.72. The third-order valence-electron chi connectivity index (χ3n) is 2.23. The normalized spacial score (nSPS) is 13.4. The minimum atomic E-state index is -1.79. The minimum Gasteiger partial charge on any atom is -0.481 e. The van der Waals surface area contributed by atoms with Gasteiger partial charge < -0.3 is 15.3 Å². The molecule has 0 fully saturated rings. The summed E-state index contributed by atoms with van der Waals surface area (Å²) in [6.07, 6.45) is 3.72. The molecule has 1 aliphatic heterocycles. The maximum absolute atomic E-state index is 9.72. The summed E-state index contributed by atoms with van der Waals surface area (Å²) in [5, 5.41) is 26.2. The third-order valence-corrected chi connectivity index (χ3v) is 3.15. The molecule has 6 heteroatoms. The number of fused-ring (bicyclic) bond motifs is 1. The Kier molecular flexibility index (Phi) is 6.55. The van der Waals surface area contributed by atoms with E-state index in [4.69, 9.17) is 15.3 Å². The van der Waals surface area contributed by atoms with Gasteiger partial charge in [0.15, 0.2) is 6.10 Å². The number of carboxylic acids is 2. The molecule has 1 aromatic rings. The van der Waals surface area contributed by atoms with Crippen LogP contribution in [0.25, 0.3) is 6.08 Å². The molecular formula is C14H14O5S. The largest absolute Gasteiger partial charge is 0.481 e. The van der Waals surface area contributed by atoms with Crippen molar-refractivity contribution in [2.75, 3.05) is 0 Å². The SMILES string of the molecule is C1=CSc2ccccc2C=C1.O=C(O)CC(O)C(=O)O. The van der Waals surface area contributed by atoms with Gasteiger partial charge in [0.1, 0.15) is 0 Å². The Balaban J connectivity index is 0.000000206. The highest BCUT2D eigenvalue weighted by Crippen LogP contribution is 2.26. The van der Waals surface area contributed by atoms with Crippen LogP contribution in [0.4, 0.5) is 0 Å². The molecule has 1 aliphatic rings. The Labute approximate surface area is 120 Å². The fourth-order valence-corrected chi connectivity index (χ4v) is 2.04. The third kappa shape index (κ3) is 5.73. The number of rotatable bonds is 3. The second-order valence-electron chi connectivity index (χ2n) is 3.80. The zero-order valence-electron chi connectivity index (χ0n) is 10.5. The van der Waals surface area contributed by atoms with E-state index >= 15 is 0 Å². The first-order chi connectivity index (χ1) is 9.50. The van der Waals surface area contributed by atoms with Crippen LogP contribution in [0.3, 0.4) is 0 Å². The van der Waals surface area contributed by atoms with E-state index in [-0.39, 0.29) is 0 Å². The average molecular weight is 294 g/mol. The Morgan fingerprint density at radius 3 is 2.45 bits per heavy atom. The van der Waals surface area contributed by atoms with Crippen molar-refractivity contribution in [1.29, 1.82) is 0 Å². The summed E-state index contributed by atoms with van der Waals surface area (Å²) >= 11 is 1.77. The predicted octanol–water partition coefficient (Wildman–Crippen LogP) is 2.23. The van der Waals surface area contributed by atoms with Gasteiger partial charge in [-0.05, 0) is 17.0 Å².